The van der Waals surface area contributed by atoms with Gasteiger partial charge in [0.05, 0.1) is 0 Å². The van der Waals surface area contributed by atoms with Crippen LogP contribution in [0.2, 0.25) is 0 Å². The third kappa shape index (κ3) is 3.98. The zero-order valence-corrected chi connectivity index (χ0v) is 11.5. The average molecular weight is 277 g/mol. The topological polar surface area (TPSA) is 35.2 Å². The molecular weight excluding hydrogens is 261 g/mol. The monoisotopic (exact) mass is 277 g/mol. The standard InChI is InChI=1S/C15H16FNOS/c1-19-15-4-2-14(3-5-15)18-10-12-6-11(9-17)7-13(16)8-12/h2-8H,9-10,17H2,1H3. The third-order valence-corrected chi connectivity index (χ3v) is 3.46. The summed E-state index contributed by atoms with van der Waals surface area (Å²) in [6.45, 7) is 0.663. The van der Waals surface area contributed by atoms with Gasteiger partial charge in [-0.15, -0.1) is 11.8 Å². The van der Waals surface area contributed by atoms with Crippen LogP contribution in [0.5, 0.6) is 5.75 Å². The van der Waals surface area contributed by atoms with Crippen molar-refractivity contribution in [1.29, 1.82) is 0 Å². The molecule has 0 spiro atoms. The maximum atomic E-state index is 13.3. The predicted molar refractivity (Wildman–Crippen MR) is 76.8 cm³/mol. The van der Waals surface area contributed by atoms with Crippen LogP contribution in [0.15, 0.2) is 47.4 Å². The van der Waals surface area contributed by atoms with E-state index in [1.54, 1.807) is 11.8 Å². The molecule has 19 heavy (non-hydrogen) atoms. The molecule has 0 heterocycles. The average Bonchev–Trinajstić information content (AvgIpc) is 2.45. The van der Waals surface area contributed by atoms with Crippen molar-refractivity contribution in [3.8, 4) is 5.75 Å². The van der Waals surface area contributed by atoms with Crippen LogP contribution >= 0.6 is 11.8 Å². The van der Waals surface area contributed by atoms with Gasteiger partial charge >= 0.3 is 0 Å². The summed E-state index contributed by atoms with van der Waals surface area (Å²) in [5.41, 5.74) is 7.08. The highest BCUT2D eigenvalue weighted by molar-refractivity contribution is 7.98. The van der Waals surface area contributed by atoms with Gasteiger partial charge in [0, 0.05) is 11.4 Å². The number of nitrogens with two attached hydrogens (primary N) is 1. The van der Waals surface area contributed by atoms with Gasteiger partial charge in [-0.1, -0.05) is 6.07 Å². The second kappa shape index (κ2) is 6.59. The fourth-order valence-corrected chi connectivity index (χ4v) is 2.17. The van der Waals surface area contributed by atoms with E-state index in [4.69, 9.17) is 10.5 Å². The lowest BCUT2D eigenvalue weighted by molar-refractivity contribution is 0.305. The smallest absolute Gasteiger partial charge is 0.123 e. The molecular formula is C15H16FNOS. The number of ether oxygens (including phenoxy) is 1. The molecule has 0 unspecified atom stereocenters. The van der Waals surface area contributed by atoms with Crippen LogP contribution in [0, 0.1) is 5.82 Å². The Labute approximate surface area is 116 Å². The quantitative estimate of drug-likeness (QED) is 0.848. The maximum absolute atomic E-state index is 13.3. The molecule has 0 atom stereocenters. The van der Waals surface area contributed by atoms with Crippen molar-refractivity contribution < 1.29 is 9.13 Å². The van der Waals surface area contributed by atoms with Crippen molar-refractivity contribution >= 4 is 11.8 Å². The highest BCUT2D eigenvalue weighted by atomic mass is 32.2. The Morgan fingerprint density at radius 3 is 2.42 bits per heavy atom. The summed E-state index contributed by atoms with van der Waals surface area (Å²) in [7, 11) is 0. The number of hydrogen-bond acceptors (Lipinski definition) is 3. The van der Waals surface area contributed by atoms with Gasteiger partial charge in [0.2, 0.25) is 0 Å². The molecule has 2 aromatic rings. The molecule has 4 heteroatoms. The van der Waals surface area contributed by atoms with E-state index in [9.17, 15) is 4.39 Å². The van der Waals surface area contributed by atoms with Crippen molar-refractivity contribution in [2.45, 2.75) is 18.0 Å². The predicted octanol–water partition coefficient (Wildman–Crippen LogP) is 3.59. The zero-order valence-electron chi connectivity index (χ0n) is 10.7. The second-order valence-electron chi connectivity index (χ2n) is 4.14. The molecule has 0 fully saturated rings. The van der Waals surface area contributed by atoms with Crippen LogP contribution < -0.4 is 10.5 Å². The van der Waals surface area contributed by atoms with Crippen LogP contribution in [-0.4, -0.2) is 6.26 Å². The van der Waals surface area contributed by atoms with E-state index in [0.717, 1.165) is 16.9 Å². The van der Waals surface area contributed by atoms with E-state index in [-0.39, 0.29) is 5.82 Å². The van der Waals surface area contributed by atoms with Gasteiger partial charge in [-0.05, 0) is 53.8 Å². The number of benzene rings is 2. The molecule has 2 rings (SSSR count). The van der Waals surface area contributed by atoms with Gasteiger partial charge in [-0.2, -0.15) is 0 Å². The fourth-order valence-electron chi connectivity index (χ4n) is 1.76. The van der Waals surface area contributed by atoms with Crippen molar-refractivity contribution in [1.82, 2.24) is 0 Å². The van der Waals surface area contributed by atoms with E-state index in [2.05, 4.69) is 0 Å². The third-order valence-electron chi connectivity index (χ3n) is 2.72. The zero-order chi connectivity index (χ0) is 13.7. The lowest BCUT2D eigenvalue weighted by atomic mass is 10.1. The molecule has 2 N–H and O–H groups in total. The van der Waals surface area contributed by atoms with E-state index in [0.29, 0.717) is 13.2 Å². The molecule has 0 saturated heterocycles. The SMILES string of the molecule is CSc1ccc(OCc2cc(F)cc(CN)c2)cc1. The van der Waals surface area contributed by atoms with Crippen molar-refractivity contribution in [3.63, 3.8) is 0 Å². The Balaban J connectivity index is 2.03. The van der Waals surface area contributed by atoms with Gasteiger partial charge in [-0.3, -0.25) is 0 Å². The van der Waals surface area contributed by atoms with Gasteiger partial charge in [0.1, 0.15) is 18.2 Å². The molecule has 0 aliphatic heterocycles. The largest absolute Gasteiger partial charge is 0.489 e. The normalized spacial score (nSPS) is 10.5. The van der Waals surface area contributed by atoms with Crippen LogP contribution in [0.3, 0.4) is 0 Å². The molecule has 0 bridgehead atoms. The van der Waals surface area contributed by atoms with Crippen molar-refractivity contribution in [3.05, 3.63) is 59.4 Å². The summed E-state index contributed by atoms with van der Waals surface area (Å²) in [6, 6.07) is 12.6. The van der Waals surface area contributed by atoms with E-state index >= 15 is 0 Å². The molecule has 0 aliphatic rings. The van der Waals surface area contributed by atoms with Crippen molar-refractivity contribution in [2.75, 3.05) is 6.26 Å². The van der Waals surface area contributed by atoms with Gasteiger partial charge in [0.15, 0.2) is 0 Å². The molecule has 0 aromatic heterocycles. The van der Waals surface area contributed by atoms with Gasteiger partial charge in [0.25, 0.3) is 0 Å². The summed E-state index contributed by atoms with van der Waals surface area (Å²) in [5.74, 6) is 0.496. The first-order valence-electron chi connectivity index (χ1n) is 5.96. The Kier molecular flexibility index (Phi) is 4.82. The molecule has 100 valence electrons. The van der Waals surface area contributed by atoms with Gasteiger partial charge < -0.3 is 10.5 Å². The molecule has 0 radical (unpaired) electrons. The summed E-state index contributed by atoms with van der Waals surface area (Å²) in [4.78, 5) is 1.18. The first-order valence-corrected chi connectivity index (χ1v) is 7.19. The molecule has 0 amide bonds. The minimum absolute atomic E-state index is 0.278. The highest BCUT2D eigenvalue weighted by Gasteiger charge is 2.01. The van der Waals surface area contributed by atoms with Crippen LogP contribution in [-0.2, 0) is 13.2 Å². The minimum Gasteiger partial charge on any atom is -0.489 e. The second-order valence-corrected chi connectivity index (χ2v) is 5.02. The Morgan fingerprint density at radius 2 is 1.79 bits per heavy atom. The van der Waals surface area contributed by atoms with E-state index in [1.165, 1.54) is 17.0 Å². The molecule has 2 aromatic carbocycles. The van der Waals surface area contributed by atoms with Crippen LogP contribution in [0.4, 0.5) is 4.39 Å². The number of rotatable bonds is 5. The molecule has 2 nitrogen and oxygen atoms in total. The lowest BCUT2D eigenvalue weighted by Crippen LogP contribution is -2.01. The molecule has 0 saturated carbocycles. The summed E-state index contributed by atoms with van der Waals surface area (Å²) >= 11 is 1.68. The number of halogens is 1. The minimum atomic E-state index is -0.278. The van der Waals surface area contributed by atoms with Crippen LogP contribution in [0.1, 0.15) is 11.1 Å². The Hall–Kier alpha value is -1.52. The summed E-state index contributed by atoms with van der Waals surface area (Å²) in [5, 5.41) is 0. The first-order chi connectivity index (χ1) is 9.21. The molecule has 0 aliphatic carbocycles. The highest BCUT2D eigenvalue weighted by Crippen LogP contribution is 2.20. The lowest BCUT2D eigenvalue weighted by Gasteiger charge is -2.08. The fraction of sp³-hybridized carbons (Fsp3) is 0.200. The summed E-state index contributed by atoms with van der Waals surface area (Å²) < 4.78 is 19.0. The van der Waals surface area contributed by atoms with E-state index in [1.807, 2.05) is 36.6 Å². The number of thioether (sulfide) groups is 1. The first kappa shape index (κ1) is 13.9. The number of hydrogen-bond donors (Lipinski definition) is 1. The van der Waals surface area contributed by atoms with Crippen molar-refractivity contribution in [2.24, 2.45) is 5.73 Å². The Bertz CT molecular complexity index is 542. The van der Waals surface area contributed by atoms with E-state index < -0.39 is 0 Å². The van der Waals surface area contributed by atoms with Gasteiger partial charge in [-0.25, -0.2) is 4.39 Å². The maximum Gasteiger partial charge on any atom is 0.123 e. The van der Waals surface area contributed by atoms with Crippen LogP contribution in [0.25, 0.3) is 0 Å². The Morgan fingerprint density at radius 1 is 1.11 bits per heavy atom. The summed E-state index contributed by atoms with van der Waals surface area (Å²) in [6.07, 6.45) is 2.02.